The molecule has 0 aliphatic heterocycles. The van der Waals surface area contributed by atoms with Crippen LogP contribution in [0.15, 0.2) is 18.2 Å². The minimum absolute atomic E-state index is 0.412. The predicted molar refractivity (Wildman–Crippen MR) is 73.4 cm³/mol. The van der Waals surface area contributed by atoms with Gasteiger partial charge in [0.1, 0.15) is 12.5 Å². The maximum atomic E-state index is 11.2. The minimum Gasteiger partial charge on any atom is -0.478 e. The van der Waals surface area contributed by atoms with Gasteiger partial charge in [-0.3, -0.25) is 10.0 Å². The fraction of sp³-hybridized carbons (Fsp3) is 0.500. The van der Waals surface area contributed by atoms with Crippen LogP contribution in [0.2, 0.25) is 0 Å². The molecule has 0 spiro atoms. The number of anilines is 1. The van der Waals surface area contributed by atoms with E-state index in [0.717, 1.165) is 24.8 Å². The van der Waals surface area contributed by atoms with E-state index in [-0.39, 0.29) is 0 Å². The van der Waals surface area contributed by atoms with Gasteiger partial charge in [-0.2, -0.15) is 0 Å². The largest absolute Gasteiger partial charge is 0.478 e. The van der Waals surface area contributed by atoms with Crippen molar-refractivity contribution in [2.75, 3.05) is 24.3 Å². The molecule has 5 nitrogen and oxygen atoms in total. The average molecular weight is 272 g/mol. The SMILES string of the molecule is CCCNCOc1cc(C)cc(NS(C)(=O)=O)c1. The molecule has 0 radical (unpaired) electrons. The van der Waals surface area contributed by atoms with Crippen LogP contribution in [0.3, 0.4) is 0 Å². The molecule has 0 aliphatic rings. The third-order valence-corrected chi connectivity index (χ3v) is 2.73. The summed E-state index contributed by atoms with van der Waals surface area (Å²) in [5, 5.41) is 3.11. The number of rotatable bonds is 7. The summed E-state index contributed by atoms with van der Waals surface area (Å²) in [5.41, 5.74) is 1.46. The molecule has 0 aliphatic carbocycles. The number of sulfonamides is 1. The molecule has 0 bridgehead atoms. The van der Waals surface area contributed by atoms with Crippen LogP contribution in [0, 0.1) is 6.92 Å². The van der Waals surface area contributed by atoms with Crippen molar-refractivity contribution in [2.45, 2.75) is 20.3 Å². The Morgan fingerprint density at radius 1 is 1.28 bits per heavy atom. The van der Waals surface area contributed by atoms with Gasteiger partial charge in [0.25, 0.3) is 0 Å². The van der Waals surface area contributed by atoms with Gasteiger partial charge in [-0.15, -0.1) is 0 Å². The zero-order valence-corrected chi connectivity index (χ0v) is 11.8. The second-order valence-corrected chi connectivity index (χ2v) is 5.95. The first kappa shape index (κ1) is 14.8. The highest BCUT2D eigenvalue weighted by Gasteiger charge is 2.04. The Bertz CT molecular complexity index is 486. The van der Waals surface area contributed by atoms with Crippen molar-refractivity contribution in [2.24, 2.45) is 0 Å². The summed E-state index contributed by atoms with van der Waals surface area (Å²) in [5.74, 6) is 0.643. The third-order valence-electron chi connectivity index (χ3n) is 2.12. The van der Waals surface area contributed by atoms with Crippen molar-refractivity contribution in [1.29, 1.82) is 0 Å². The summed E-state index contributed by atoms with van der Waals surface area (Å²) in [6.45, 7) is 5.27. The van der Waals surface area contributed by atoms with Gasteiger partial charge in [0.2, 0.25) is 10.0 Å². The van der Waals surface area contributed by atoms with Gasteiger partial charge in [-0.1, -0.05) is 6.92 Å². The van der Waals surface area contributed by atoms with Crippen molar-refractivity contribution >= 4 is 15.7 Å². The summed E-state index contributed by atoms with van der Waals surface area (Å²) >= 11 is 0. The second kappa shape index (κ2) is 6.61. The van der Waals surface area contributed by atoms with Gasteiger partial charge < -0.3 is 4.74 Å². The molecule has 6 heteroatoms. The number of aryl methyl sites for hydroxylation is 1. The van der Waals surface area contributed by atoms with Crippen molar-refractivity contribution < 1.29 is 13.2 Å². The number of ether oxygens (including phenoxy) is 1. The van der Waals surface area contributed by atoms with Crippen molar-refractivity contribution in [1.82, 2.24) is 5.32 Å². The quantitative estimate of drug-likeness (QED) is 0.585. The summed E-state index contributed by atoms with van der Waals surface area (Å²) in [6.07, 6.45) is 2.16. The van der Waals surface area contributed by atoms with Crippen LogP contribution in [-0.2, 0) is 10.0 Å². The highest BCUT2D eigenvalue weighted by Crippen LogP contribution is 2.21. The lowest BCUT2D eigenvalue weighted by Gasteiger charge is -2.11. The smallest absolute Gasteiger partial charge is 0.229 e. The Kier molecular flexibility index (Phi) is 5.43. The van der Waals surface area contributed by atoms with E-state index in [4.69, 9.17) is 4.74 Å². The second-order valence-electron chi connectivity index (χ2n) is 4.20. The maximum Gasteiger partial charge on any atom is 0.229 e. The molecule has 0 unspecified atom stereocenters. The van der Waals surface area contributed by atoms with Crippen LogP contribution < -0.4 is 14.8 Å². The van der Waals surface area contributed by atoms with Crippen LogP contribution in [0.25, 0.3) is 0 Å². The lowest BCUT2D eigenvalue weighted by atomic mass is 10.2. The van der Waals surface area contributed by atoms with Gasteiger partial charge in [0, 0.05) is 6.07 Å². The Morgan fingerprint density at radius 2 is 2.00 bits per heavy atom. The van der Waals surface area contributed by atoms with Gasteiger partial charge in [0.15, 0.2) is 0 Å². The number of nitrogens with one attached hydrogen (secondary N) is 2. The van der Waals surface area contributed by atoms with E-state index < -0.39 is 10.0 Å². The Morgan fingerprint density at radius 3 is 2.61 bits per heavy atom. The van der Waals surface area contributed by atoms with Crippen molar-refractivity contribution in [3.05, 3.63) is 23.8 Å². The summed E-state index contributed by atoms with van der Waals surface area (Å²) in [7, 11) is -3.26. The van der Waals surface area contributed by atoms with E-state index in [1.807, 2.05) is 13.0 Å². The van der Waals surface area contributed by atoms with Crippen molar-refractivity contribution in [3.8, 4) is 5.75 Å². The molecule has 1 aromatic rings. The minimum atomic E-state index is -3.26. The summed E-state index contributed by atoms with van der Waals surface area (Å²) < 4.78 is 30.3. The summed E-state index contributed by atoms with van der Waals surface area (Å²) in [6, 6.07) is 5.29. The molecular formula is C12H20N2O3S. The Labute approximate surface area is 109 Å². The molecule has 1 aromatic carbocycles. The number of hydrogen-bond acceptors (Lipinski definition) is 4. The molecule has 0 saturated heterocycles. The molecule has 0 heterocycles. The first-order chi connectivity index (χ1) is 8.40. The molecule has 0 atom stereocenters. The monoisotopic (exact) mass is 272 g/mol. The molecule has 0 aromatic heterocycles. The Balaban J connectivity index is 2.69. The maximum absolute atomic E-state index is 11.2. The standard InChI is InChI=1S/C12H20N2O3S/c1-4-5-13-9-17-12-7-10(2)6-11(8-12)14-18(3,15)16/h6-8,13-14H,4-5,9H2,1-3H3. The molecule has 102 valence electrons. The van der Waals surface area contributed by atoms with Crippen LogP contribution >= 0.6 is 0 Å². The van der Waals surface area contributed by atoms with Gasteiger partial charge in [0.05, 0.1) is 11.9 Å². The van der Waals surface area contributed by atoms with E-state index in [0.29, 0.717) is 18.2 Å². The lowest BCUT2D eigenvalue weighted by molar-refractivity contribution is 0.284. The van der Waals surface area contributed by atoms with Crippen LogP contribution in [0.4, 0.5) is 5.69 Å². The third kappa shape index (κ3) is 5.88. The first-order valence-electron chi connectivity index (χ1n) is 5.83. The number of hydrogen-bond donors (Lipinski definition) is 2. The van der Waals surface area contributed by atoms with Gasteiger partial charge in [-0.05, 0) is 37.6 Å². The predicted octanol–water partition coefficient (Wildman–Crippen LogP) is 1.70. The Hall–Kier alpha value is -1.27. The molecule has 2 N–H and O–H groups in total. The van der Waals surface area contributed by atoms with E-state index in [1.165, 1.54) is 0 Å². The first-order valence-corrected chi connectivity index (χ1v) is 7.73. The van der Waals surface area contributed by atoms with E-state index >= 15 is 0 Å². The molecule has 1 rings (SSSR count). The lowest BCUT2D eigenvalue weighted by Crippen LogP contribution is -2.20. The van der Waals surface area contributed by atoms with E-state index in [9.17, 15) is 8.42 Å². The van der Waals surface area contributed by atoms with Crippen molar-refractivity contribution in [3.63, 3.8) is 0 Å². The molecule has 0 saturated carbocycles. The fourth-order valence-electron chi connectivity index (χ4n) is 1.49. The average Bonchev–Trinajstić information content (AvgIpc) is 2.21. The van der Waals surface area contributed by atoms with Crippen LogP contribution in [0.1, 0.15) is 18.9 Å². The topological polar surface area (TPSA) is 67.4 Å². The van der Waals surface area contributed by atoms with E-state index in [2.05, 4.69) is 17.0 Å². The zero-order chi connectivity index (χ0) is 13.6. The molecule has 0 fully saturated rings. The highest BCUT2D eigenvalue weighted by molar-refractivity contribution is 7.92. The van der Waals surface area contributed by atoms with Gasteiger partial charge >= 0.3 is 0 Å². The van der Waals surface area contributed by atoms with Crippen LogP contribution in [-0.4, -0.2) is 27.9 Å². The normalized spacial score (nSPS) is 11.3. The molecular weight excluding hydrogens is 252 g/mol. The van der Waals surface area contributed by atoms with E-state index in [1.54, 1.807) is 12.1 Å². The zero-order valence-electron chi connectivity index (χ0n) is 11.0. The van der Waals surface area contributed by atoms with Gasteiger partial charge in [-0.25, -0.2) is 8.42 Å². The molecule has 18 heavy (non-hydrogen) atoms. The fourth-order valence-corrected chi connectivity index (χ4v) is 2.03. The number of benzene rings is 1. The summed E-state index contributed by atoms with van der Waals surface area (Å²) in [4.78, 5) is 0. The molecule has 0 amide bonds. The van der Waals surface area contributed by atoms with Crippen LogP contribution in [0.5, 0.6) is 5.75 Å². The highest BCUT2D eigenvalue weighted by atomic mass is 32.2.